The van der Waals surface area contributed by atoms with Gasteiger partial charge in [-0.25, -0.2) is 9.59 Å². The second-order valence-electron chi connectivity index (χ2n) is 18.1. The number of cyclic esters (lactones) is 2. The van der Waals surface area contributed by atoms with Crippen molar-refractivity contribution in [1.29, 1.82) is 0 Å². The van der Waals surface area contributed by atoms with E-state index in [-0.39, 0.29) is 18.3 Å². The minimum Gasteiger partial charge on any atom is -0.448 e. The summed E-state index contributed by atoms with van der Waals surface area (Å²) in [6.45, 7) is 62.4. The van der Waals surface area contributed by atoms with Gasteiger partial charge < -0.3 is 77.6 Å². The van der Waals surface area contributed by atoms with Gasteiger partial charge in [0.05, 0.1) is 33.0 Å². The third-order valence-corrected chi connectivity index (χ3v) is 12.6. The quantitative estimate of drug-likeness (QED) is 0.109. The summed E-state index contributed by atoms with van der Waals surface area (Å²) in [5.41, 5.74) is 0. The Hall–Kier alpha value is -2.55. The van der Waals surface area contributed by atoms with Crippen LogP contribution in [0.5, 0.6) is 0 Å². The molecule has 0 radical (unpaired) electrons. The number of piperidine rings is 1. The monoisotopic (exact) mass is 1300 g/mol. The van der Waals surface area contributed by atoms with E-state index >= 15 is 0 Å². The zero-order valence-electron chi connectivity index (χ0n) is 64.0. The van der Waals surface area contributed by atoms with Crippen LogP contribution in [0.2, 0.25) is 0 Å². The first-order valence-corrected chi connectivity index (χ1v) is 38.7. The highest BCUT2D eigenvalue weighted by atomic mass is 32.2. The number of nitrogens with one attached hydrogen (secondary N) is 11. The largest absolute Gasteiger partial charge is 0.448 e. The van der Waals surface area contributed by atoms with E-state index in [1.807, 2.05) is 176 Å². The highest BCUT2D eigenvalue weighted by molar-refractivity contribution is 7.99. The maximum atomic E-state index is 10.3. The highest BCUT2D eigenvalue weighted by Crippen LogP contribution is 2.16. The van der Waals surface area contributed by atoms with Crippen LogP contribution in [0.25, 0.3) is 0 Å². The maximum Gasteiger partial charge on any atom is 0.409 e. The van der Waals surface area contributed by atoms with Crippen molar-refractivity contribution in [2.24, 2.45) is 0 Å². The number of morpholine rings is 1. The van der Waals surface area contributed by atoms with Gasteiger partial charge in [0.1, 0.15) is 12.7 Å². The summed E-state index contributed by atoms with van der Waals surface area (Å²) in [5, 5.41) is 33.8. The fraction of sp³-hybridized carbons (Fsp3) is 0.915. The van der Waals surface area contributed by atoms with Crippen molar-refractivity contribution >= 4 is 23.9 Å². The Kier molecular flexibility index (Phi) is 149. The minimum atomic E-state index is -0.299. The predicted molar refractivity (Wildman–Crippen MR) is 405 cm³/mol. The molecule has 12 rings (SSSR count). The number of ether oxygens (including phenoxy) is 3. The molecule has 11 N–H and O–H groups in total. The number of likely N-dealkylation sites (N-methyl/N-ethyl adjacent to an activating group) is 1. The summed E-state index contributed by atoms with van der Waals surface area (Å²) >= 11 is 2.03. The van der Waals surface area contributed by atoms with E-state index in [1.54, 1.807) is 11.9 Å². The number of piperazine rings is 1. The summed E-state index contributed by atoms with van der Waals surface area (Å²) in [6.07, 6.45) is 36.8. The van der Waals surface area contributed by atoms with Crippen molar-refractivity contribution in [3.05, 3.63) is 24.7 Å². The van der Waals surface area contributed by atoms with Crippen LogP contribution in [0, 0.1) is 0 Å². The summed E-state index contributed by atoms with van der Waals surface area (Å²) in [6, 6.07) is 0. The first kappa shape index (κ1) is 108. The van der Waals surface area contributed by atoms with Crippen LogP contribution < -0.4 is 58.5 Å². The van der Waals surface area contributed by atoms with Gasteiger partial charge in [0.15, 0.2) is 0 Å². The van der Waals surface area contributed by atoms with E-state index in [0.717, 1.165) is 92.0 Å². The number of allylic oxidation sites excluding steroid dienone is 1. The molecule has 0 spiro atoms. The topological polar surface area (TPSA) is 197 Å². The van der Waals surface area contributed by atoms with Crippen molar-refractivity contribution in [2.45, 2.75) is 280 Å². The molecule has 3 saturated carbocycles. The molecule has 0 aromatic rings. The predicted octanol–water partition coefficient (Wildman–Crippen LogP) is 15.8. The number of amides is 2. The van der Waals surface area contributed by atoms with Gasteiger partial charge in [0, 0.05) is 110 Å². The van der Waals surface area contributed by atoms with Crippen LogP contribution in [0.3, 0.4) is 0 Å². The van der Waals surface area contributed by atoms with Crippen molar-refractivity contribution in [1.82, 2.24) is 63.4 Å². The minimum absolute atomic E-state index is 0.0625. The summed E-state index contributed by atoms with van der Waals surface area (Å²) in [7, 11) is 1.72. The Morgan fingerprint density at radius 3 is 0.865 bits per heavy atom. The molecule has 17 nitrogen and oxygen atoms in total. The summed E-state index contributed by atoms with van der Waals surface area (Å²) in [5.74, 6) is 2.61. The number of carbonyl (C=O) groups excluding carboxylic acids is 2. The average Bonchev–Trinajstić information content (AvgIpc) is 4.56. The van der Waals surface area contributed by atoms with Crippen molar-refractivity contribution in [3.8, 4) is 0 Å². The molecule has 89 heavy (non-hydrogen) atoms. The third-order valence-electron chi connectivity index (χ3n) is 11.6. The van der Waals surface area contributed by atoms with E-state index < -0.39 is 0 Å². The fourth-order valence-electron chi connectivity index (χ4n) is 7.36. The second kappa shape index (κ2) is 123. The van der Waals surface area contributed by atoms with E-state index in [4.69, 9.17) is 4.74 Å². The SMILES string of the molecule is C1=CNCCC1.C1=CNCN1.C1CCCC1.C1CCCC1.C1CCCC1.C1CCNCC1.C1CNCCN1.C1CNCN1.C1COCCN1.C1CSCCN1.CC.CC.CC.CC.CC.CC.CC.CC.CC.CC.CC1CNC(=O)O1.CN1CCOC1=O. The van der Waals surface area contributed by atoms with Gasteiger partial charge >= 0.3 is 12.2 Å². The van der Waals surface area contributed by atoms with Crippen LogP contribution in [-0.4, -0.2) is 173 Å². The summed E-state index contributed by atoms with van der Waals surface area (Å²) < 4.78 is 14.2. The molecule has 7 saturated heterocycles. The third kappa shape index (κ3) is 117. The maximum absolute atomic E-state index is 10.3. The van der Waals surface area contributed by atoms with Gasteiger partial charge in [0.25, 0.3) is 0 Å². The van der Waals surface area contributed by atoms with E-state index in [0.29, 0.717) is 13.2 Å². The van der Waals surface area contributed by atoms with E-state index in [2.05, 4.69) is 74.0 Å². The fourth-order valence-corrected chi connectivity index (χ4v) is 8.14. The molecule has 0 aromatic carbocycles. The van der Waals surface area contributed by atoms with Gasteiger partial charge in [-0.3, -0.25) is 0 Å². The lowest BCUT2D eigenvalue weighted by Crippen LogP contribution is -2.39. The number of carbonyl (C=O) groups is 2. The van der Waals surface area contributed by atoms with Crippen LogP contribution in [-0.2, 0) is 14.2 Å². The van der Waals surface area contributed by atoms with Crippen LogP contribution in [0.4, 0.5) is 9.59 Å². The molecule has 18 heteroatoms. The van der Waals surface area contributed by atoms with Gasteiger partial charge in [-0.15, -0.1) is 0 Å². The molecule has 1 unspecified atom stereocenters. The number of hydrogen-bond donors (Lipinski definition) is 11. The molecule has 12 aliphatic rings. The zero-order valence-corrected chi connectivity index (χ0v) is 64.8. The molecule has 10 fully saturated rings. The van der Waals surface area contributed by atoms with Crippen LogP contribution in [0.15, 0.2) is 24.7 Å². The Balaban J connectivity index is -0.0000000933. The van der Waals surface area contributed by atoms with Gasteiger partial charge in [-0.05, 0) is 51.9 Å². The molecule has 0 bridgehead atoms. The van der Waals surface area contributed by atoms with E-state index in [9.17, 15) is 9.59 Å². The molecule has 9 heterocycles. The van der Waals surface area contributed by atoms with Gasteiger partial charge in [-0.2, -0.15) is 11.8 Å². The second-order valence-corrected chi connectivity index (χ2v) is 19.3. The molecule has 3 aliphatic carbocycles. The summed E-state index contributed by atoms with van der Waals surface area (Å²) in [4.78, 5) is 21.9. The first-order valence-electron chi connectivity index (χ1n) is 37.5. The molecule has 0 aromatic heterocycles. The van der Waals surface area contributed by atoms with Crippen molar-refractivity contribution in [3.63, 3.8) is 0 Å². The highest BCUT2D eigenvalue weighted by Gasteiger charge is 2.16. The lowest BCUT2D eigenvalue weighted by molar-refractivity contribution is 0.109. The smallest absolute Gasteiger partial charge is 0.409 e. The van der Waals surface area contributed by atoms with Gasteiger partial charge in [-0.1, -0.05) is 247 Å². The van der Waals surface area contributed by atoms with Crippen molar-refractivity contribution in [2.75, 3.05) is 150 Å². The molecule has 546 valence electrons. The van der Waals surface area contributed by atoms with Crippen LogP contribution >= 0.6 is 11.8 Å². The number of alkyl carbamates (subject to hydrolysis) is 1. The normalized spacial score (nSPS) is 18.8. The lowest BCUT2D eigenvalue weighted by atomic mass is 10.2. The zero-order chi connectivity index (χ0) is 69.4. The number of hydrogen-bond acceptors (Lipinski definition) is 16. The first-order chi connectivity index (χ1) is 44.1. The Morgan fingerprint density at radius 1 is 0.393 bits per heavy atom. The van der Waals surface area contributed by atoms with E-state index in [1.165, 1.54) is 166 Å². The number of nitrogens with zero attached hydrogens (tertiary/aromatic N) is 1. The number of rotatable bonds is 0. The molecule has 2 amide bonds. The Morgan fingerprint density at radius 2 is 0.753 bits per heavy atom. The average molecular weight is 1300 g/mol. The molecular weight excluding hydrogens is 1130 g/mol. The standard InChI is InChI=1S/C5H11N.C5H9N.3C5H10.C4H10N2.2C4H7NO2.C4H9NO.C4H9NS.C3H8N2.C3H6N2.10C2H6/c2*1-2-4-6-5-3-1;3*1-2-4-5-3-1;1-2-6-4-3-5-1;1-5-2-3-7-4(5)6;1-3-2-5-4(6)7-3;2*1-3-6-4-2-5-1;2*1-2-5-3-4-1;10*1-2/h6H,1-5H2;2,4,6H,1,3,5H2;3*1-5H2;5-6H,1-4H2;2-3H2,1H3;3H,2H2,1H3,(H,5,6);2*5H,1-4H2;4-5H,1-3H2;1-2,4-5H,3H2;10*1-2H3. The number of thioether (sulfide) groups is 1. The van der Waals surface area contributed by atoms with Crippen LogP contribution in [0.1, 0.15) is 274 Å². The molecule has 9 aliphatic heterocycles. The lowest BCUT2D eigenvalue weighted by Gasteiger charge is -2.11. The molecular formula is C71H166N12O5S. The van der Waals surface area contributed by atoms with Crippen molar-refractivity contribution < 1.29 is 23.8 Å². The Bertz CT molecular complexity index is 948. The molecule has 1 atom stereocenters. The Labute approximate surface area is 563 Å². The van der Waals surface area contributed by atoms with Gasteiger partial charge in [0.2, 0.25) is 0 Å².